The highest BCUT2D eigenvalue weighted by Crippen LogP contribution is 2.34. The zero-order chi connectivity index (χ0) is 13.2. The van der Waals surface area contributed by atoms with Crippen LogP contribution >= 0.6 is 0 Å². The van der Waals surface area contributed by atoms with Crippen LogP contribution < -0.4 is 5.32 Å². The minimum absolute atomic E-state index is 0.350. The van der Waals surface area contributed by atoms with Gasteiger partial charge in [-0.15, -0.1) is 0 Å². The quantitative estimate of drug-likeness (QED) is 0.879. The van der Waals surface area contributed by atoms with Crippen molar-refractivity contribution < 1.29 is 9.84 Å². The Bertz CT molecular complexity index is 446. The number of hydrogen-bond donors (Lipinski definition) is 2. The third-order valence-electron chi connectivity index (χ3n) is 4.61. The van der Waals surface area contributed by atoms with E-state index in [1.807, 2.05) is 13.2 Å². The number of phenolic OH excluding ortho intramolecular Hbond substituents is 1. The fraction of sp³-hybridized carbons (Fsp3) is 0.625. The molecule has 3 nitrogen and oxygen atoms in total. The Kier molecular flexibility index (Phi) is 3.76. The first-order valence-electron chi connectivity index (χ1n) is 7.38. The van der Waals surface area contributed by atoms with E-state index in [1.54, 1.807) is 6.07 Å². The first kappa shape index (κ1) is 12.9. The minimum Gasteiger partial charge on any atom is -0.508 e. The standard InChI is InChI=1S/C16H23NO2/c1-19-16-7-3-6-15(16)17-14-5-2-4-11-8-9-12(18)10-13(11)14/h8-10,14-18H,2-7H2,1H3. The second-order valence-corrected chi connectivity index (χ2v) is 5.81. The van der Waals surface area contributed by atoms with Gasteiger partial charge in [-0.2, -0.15) is 0 Å². The van der Waals surface area contributed by atoms with Crippen molar-refractivity contribution in [2.24, 2.45) is 0 Å². The molecule has 2 N–H and O–H groups in total. The van der Waals surface area contributed by atoms with Crippen LogP contribution in [0.2, 0.25) is 0 Å². The molecule has 2 aliphatic rings. The van der Waals surface area contributed by atoms with E-state index in [4.69, 9.17) is 4.74 Å². The topological polar surface area (TPSA) is 41.5 Å². The Balaban J connectivity index is 1.78. The van der Waals surface area contributed by atoms with E-state index < -0.39 is 0 Å². The van der Waals surface area contributed by atoms with E-state index >= 15 is 0 Å². The first-order valence-corrected chi connectivity index (χ1v) is 7.38. The lowest BCUT2D eigenvalue weighted by Gasteiger charge is -2.31. The Hall–Kier alpha value is -1.06. The summed E-state index contributed by atoms with van der Waals surface area (Å²) in [5.74, 6) is 0.377. The van der Waals surface area contributed by atoms with Gasteiger partial charge in [0.15, 0.2) is 0 Å². The summed E-state index contributed by atoms with van der Waals surface area (Å²) in [5.41, 5.74) is 2.67. The van der Waals surface area contributed by atoms with Gasteiger partial charge in [0.05, 0.1) is 6.10 Å². The lowest BCUT2D eigenvalue weighted by atomic mass is 9.87. The molecule has 3 atom stereocenters. The molecule has 0 heterocycles. The van der Waals surface area contributed by atoms with Crippen LogP contribution in [0.25, 0.3) is 0 Å². The molecule has 0 aromatic heterocycles. The van der Waals surface area contributed by atoms with Gasteiger partial charge in [0, 0.05) is 19.2 Å². The molecule has 1 aromatic carbocycles. The predicted octanol–water partition coefficient (Wildman–Crippen LogP) is 2.93. The molecule has 1 fully saturated rings. The molecule has 2 aliphatic carbocycles. The van der Waals surface area contributed by atoms with E-state index in [1.165, 1.54) is 30.4 Å². The maximum atomic E-state index is 9.71. The molecule has 3 rings (SSSR count). The van der Waals surface area contributed by atoms with Crippen molar-refractivity contribution in [3.63, 3.8) is 0 Å². The molecule has 104 valence electrons. The number of fused-ring (bicyclic) bond motifs is 1. The maximum Gasteiger partial charge on any atom is 0.115 e. The number of hydrogen-bond acceptors (Lipinski definition) is 3. The number of nitrogens with one attached hydrogen (secondary N) is 1. The normalized spacial score (nSPS) is 30.3. The molecule has 19 heavy (non-hydrogen) atoms. The number of rotatable bonds is 3. The summed E-state index contributed by atoms with van der Waals surface area (Å²) in [4.78, 5) is 0. The van der Waals surface area contributed by atoms with Crippen LogP contribution in [-0.2, 0) is 11.2 Å². The van der Waals surface area contributed by atoms with Crippen molar-refractivity contribution in [1.82, 2.24) is 5.32 Å². The molecular formula is C16H23NO2. The monoisotopic (exact) mass is 261 g/mol. The van der Waals surface area contributed by atoms with Gasteiger partial charge in [-0.05, 0) is 61.8 Å². The molecule has 0 spiro atoms. The van der Waals surface area contributed by atoms with Crippen molar-refractivity contribution in [2.75, 3.05) is 7.11 Å². The number of phenols is 1. The van der Waals surface area contributed by atoms with Gasteiger partial charge in [-0.25, -0.2) is 0 Å². The molecule has 0 aliphatic heterocycles. The number of methoxy groups -OCH3 is 1. The van der Waals surface area contributed by atoms with Gasteiger partial charge in [0.2, 0.25) is 0 Å². The maximum absolute atomic E-state index is 9.71. The molecule has 3 unspecified atom stereocenters. The Morgan fingerprint density at radius 3 is 2.95 bits per heavy atom. The van der Waals surface area contributed by atoms with Gasteiger partial charge < -0.3 is 15.2 Å². The van der Waals surface area contributed by atoms with Gasteiger partial charge in [0.25, 0.3) is 0 Å². The highest BCUT2D eigenvalue weighted by molar-refractivity contribution is 5.38. The predicted molar refractivity (Wildman–Crippen MR) is 75.4 cm³/mol. The lowest BCUT2D eigenvalue weighted by molar-refractivity contribution is 0.0803. The van der Waals surface area contributed by atoms with Gasteiger partial charge in [-0.1, -0.05) is 6.07 Å². The van der Waals surface area contributed by atoms with E-state index in [9.17, 15) is 5.11 Å². The summed E-state index contributed by atoms with van der Waals surface area (Å²) in [7, 11) is 1.81. The van der Waals surface area contributed by atoms with Crippen LogP contribution in [0.4, 0.5) is 0 Å². The molecule has 0 bridgehead atoms. The van der Waals surface area contributed by atoms with Crippen molar-refractivity contribution in [1.29, 1.82) is 0 Å². The average molecular weight is 261 g/mol. The second kappa shape index (κ2) is 5.51. The van der Waals surface area contributed by atoms with Crippen LogP contribution in [0.1, 0.15) is 49.3 Å². The van der Waals surface area contributed by atoms with Crippen LogP contribution in [0.3, 0.4) is 0 Å². The molecule has 1 saturated carbocycles. The number of ether oxygens (including phenoxy) is 1. The molecule has 0 saturated heterocycles. The van der Waals surface area contributed by atoms with Crippen molar-refractivity contribution >= 4 is 0 Å². The van der Waals surface area contributed by atoms with Crippen LogP contribution in [-0.4, -0.2) is 24.4 Å². The highest BCUT2D eigenvalue weighted by atomic mass is 16.5. The smallest absolute Gasteiger partial charge is 0.115 e. The summed E-state index contributed by atoms with van der Waals surface area (Å²) in [5, 5.41) is 13.5. The highest BCUT2D eigenvalue weighted by Gasteiger charge is 2.30. The van der Waals surface area contributed by atoms with Gasteiger partial charge in [-0.3, -0.25) is 0 Å². The van der Waals surface area contributed by atoms with Crippen molar-refractivity contribution in [2.45, 2.75) is 56.7 Å². The average Bonchev–Trinajstić information content (AvgIpc) is 2.87. The van der Waals surface area contributed by atoms with Crippen molar-refractivity contribution in [3.8, 4) is 5.75 Å². The molecule has 0 amide bonds. The summed E-state index contributed by atoms with van der Waals surface area (Å²) in [6, 6.07) is 6.64. The summed E-state index contributed by atoms with van der Waals surface area (Å²) in [6.07, 6.45) is 7.46. The second-order valence-electron chi connectivity index (χ2n) is 5.81. The third kappa shape index (κ3) is 2.63. The number of aryl methyl sites for hydroxylation is 1. The van der Waals surface area contributed by atoms with E-state index in [2.05, 4.69) is 11.4 Å². The lowest BCUT2D eigenvalue weighted by Crippen LogP contribution is -2.40. The third-order valence-corrected chi connectivity index (χ3v) is 4.61. The van der Waals surface area contributed by atoms with Gasteiger partial charge >= 0.3 is 0 Å². The van der Waals surface area contributed by atoms with E-state index in [-0.39, 0.29) is 0 Å². The zero-order valence-corrected chi connectivity index (χ0v) is 11.6. The van der Waals surface area contributed by atoms with Crippen molar-refractivity contribution in [3.05, 3.63) is 29.3 Å². The molecular weight excluding hydrogens is 238 g/mol. The van der Waals surface area contributed by atoms with Crippen LogP contribution in [0.15, 0.2) is 18.2 Å². The van der Waals surface area contributed by atoms with Gasteiger partial charge in [0.1, 0.15) is 5.75 Å². The molecule has 0 radical (unpaired) electrons. The fourth-order valence-corrected chi connectivity index (χ4v) is 3.62. The Labute approximate surface area is 115 Å². The SMILES string of the molecule is COC1CCCC1NC1CCCc2ccc(O)cc21. The first-order chi connectivity index (χ1) is 9.28. The number of benzene rings is 1. The number of aromatic hydroxyl groups is 1. The molecule has 1 aromatic rings. The Morgan fingerprint density at radius 2 is 2.11 bits per heavy atom. The summed E-state index contributed by atoms with van der Waals surface area (Å²) < 4.78 is 5.57. The van der Waals surface area contributed by atoms with E-state index in [0.717, 1.165) is 19.3 Å². The largest absolute Gasteiger partial charge is 0.508 e. The summed E-state index contributed by atoms with van der Waals surface area (Å²) in [6.45, 7) is 0. The minimum atomic E-state index is 0.350. The summed E-state index contributed by atoms with van der Waals surface area (Å²) >= 11 is 0. The molecule has 3 heteroatoms. The zero-order valence-electron chi connectivity index (χ0n) is 11.6. The van der Waals surface area contributed by atoms with Crippen LogP contribution in [0, 0.1) is 0 Å². The van der Waals surface area contributed by atoms with E-state index in [0.29, 0.717) is 23.9 Å². The Morgan fingerprint density at radius 1 is 1.21 bits per heavy atom. The van der Waals surface area contributed by atoms with Crippen LogP contribution in [0.5, 0.6) is 5.75 Å². The fourth-order valence-electron chi connectivity index (χ4n) is 3.62.